The van der Waals surface area contributed by atoms with Gasteiger partial charge in [0.25, 0.3) is 0 Å². The van der Waals surface area contributed by atoms with E-state index in [1.165, 1.54) is 0 Å². The van der Waals surface area contributed by atoms with E-state index in [1.54, 1.807) is 0 Å². The van der Waals surface area contributed by atoms with Crippen LogP contribution in [-0.2, 0) is 9.53 Å². The van der Waals surface area contributed by atoms with Gasteiger partial charge in [0.05, 0.1) is 18.8 Å². The Morgan fingerprint density at radius 2 is 2.22 bits per heavy atom. The normalized spacial score (nSPS) is 42.6. The van der Waals surface area contributed by atoms with E-state index >= 15 is 0 Å². The largest absolute Gasteiger partial charge is 0.394 e. The molecule has 0 aromatic rings. The van der Waals surface area contributed by atoms with Crippen molar-refractivity contribution in [2.75, 3.05) is 19.7 Å². The van der Waals surface area contributed by atoms with Crippen molar-refractivity contribution in [1.82, 2.24) is 4.90 Å². The molecular weight excluding hydrogens is 230 g/mol. The van der Waals surface area contributed by atoms with Gasteiger partial charge in [-0.2, -0.15) is 0 Å². The number of amides is 1. The van der Waals surface area contributed by atoms with Gasteiger partial charge in [0.15, 0.2) is 0 Å². The Labute approximate surface area is 108 Å². The number of aliphatic hydroxyl groups is 1. The van der Waals surface area contributed by atoms with Gasteiger partial charge in [-0.1, -0.05) is 12.2 Å². The van der Waals surface area contributed by atoms with E-state index in [4.69, 9.17) is 4.74 Å². The van der Waals surface area contributed by atoms with Crippen LogP contribution < -0.4 is 0 Å². The van der Waals surface area contributed by atoms with Crippen molar-refractivity contribution in [1.29, 1.82) is 0 Å². The fraction of sp³-hybridized carbons (Fsp3) is 0.786. The lowest BCUT2D eigenvalue weighted by Crippen LogP contribution is -2.52. The number of carbonyl (C=O) groups is 1. The number of ether oxygens (including phenoxy) is 1. The molecule has 2 aliphatic carbocycles. The molecule has 4 heteroatoms. The molecule has 3 rings (SSSR count). The zero-order chi connectivity index (χ0) is 12.7. The number of nitrogens with zero attached hydrogens (tertiary/aromatic N) is 1. The fourth-order valence-electron chi connectivity index (χ4n) is 3.63. The highest BCUT2D eigenvalue weighted by atomic mass is 16.5. The predicted octanol–water partition coefficient (Wildman–Crippen LogP) is 0.807. The van der Waals surface area contributed by atoms with Crippen molar-refractivity contribution < 1.29 is 14.6 Å². The second-order valence-corrected chi connectivity index (χ2v) is 5.88. The topological polar surface area (TPSA) is 49.8 Å². The first-order chi connectivity index (χ1) is 8.67. The third-order valence-electron chi connectivity index (χ3n) is 4.44. The molecule has 100 valence electrons. The van der Waals surface area contributed by atoms with E-state index in [0.717, 1.165) is 12.8 Å². The Morgan fingerprint density at radius 3 is 2.83 bits per heavy atom. The van der Waals surface area contributed by atoms with Crippen molar-refractivity contribution in [3.05, 3.63) is 12.2 Å². The molecule has 1 N–H and O–H groups in total. The predicted molar refractivity (Wildman–Crippen MR) is 66.8 cm³/mol. The summed E-state index contributed by atoms with van der Waals surface area (Å²) < 4.78 is 5.58. The van der Waals surface area contributed by atoms with Crippen molar-refractivity contribution in [3.8, 4) is 0 Å². The van der Waals surface area contributed by atoms with Crippen molar-refractivity contribution in [2.45, 2.75) is 32.0 Å². The molecule has 18 heavy (non-hydrogen) atoms. The maximum absolute atomic E-state index is 12.6. The Morgan fingerprint density at radius 1 is 1.39 bits per heavy atom. The summed E-state index contributed by atoms with van der Waals surface area (Å²) >= 11 is 0. The molecule has 0 spiro atoms. The number of allylic oxidation sites excluding steroid dienone is 2. The molecule has 4 nitrogen and oxygen atoms in total. The number of hydrogen-bond acceptors (Lipinski definition) is 3. The molecule has 3 aliphatic rings. The lowest BCUT2D eigenvalue weighted by Gasteiger charge is -2.38. The van der Waals surface area contributed by atoms with Gasteiger partial charge in [0.1, 0.15) is 0 Å². The van der Waals surface area contributed by atoms with Gasteiger partial charge < -0.3 is 14.7 Å². The van der Waals surface area contributed by atoms with E-state index in [1.807, 2.05) is 11.8 Å². The van der Waals surface area contributed by atoms with Gasteiger partial charge in [-0.3, -0.25) is 4.79 Å². The molecule has 1 amide bonds. The first-order valence-electron chi connectivity index (χ1n) is 6.90. The third-order valence-corrected chi connectivity index (χ3v) is 4.44. The van der Waals surface area contributed by atoms with E-state index in [-0.39, 0.29) is 30.6 Å². The number of hydrogen-bond donors (Lipinski definition) is 1. The Bertz CT molecular complexity index is 368. The van der Waals surface area contributed by atoms with Crippen LogP contribution in [-0.4, -0.2) is 47.8 Å². The number of carbonyl (C=O) groups excluding carboxylic acids is 1. The van der Waals surface area contributed by atoms with Crippen LogP contribution in [0.1, 0.15) is 19.8 Å². The molecule has 1 aliphatic heterocycles. The molecule has 2 bridgehead atoms. The SMILES string of the molecule is CC1CN(C(=O)C2CC3C=CC2C3)CC(CO)O1. The van der Waals surface area contributed by atoms with Gasteiger partial charge in [-0.15, -0.1) is 0 Å². The van der Waals surface area contributed by atoms with Crippen molar-refractivity contribution >= 4 is 5.91 Å². The van der Waals surface area contributed by atoms with Crippen LogP contribution in [0.25, 0.3) is 0 Å². The molecule has 0 aromatic heterocycles. The summed E-state index contributed by atoms with van der Waals surface area (Å²) in [6.45, 7) is 3.15. The molecule has 5 atom stereocenters. The van der Waals surface area contributed by atoms with Crippen molar-refractivity contribution in [3.63, 3.8) is 0 Å². The lowest BCUT2D eigenvalue weighted by molar-refractivity contribution is -0.151. The van der Waals surface area contributed by atoms with Gasteiger partial charge in [-0.25, -0.2) is 0 Å². The zero-order valence-corrected chi connectivity index (χ0v) is 10.8. The average molecular weight is 251 g/mol. The number of aliphatic hydroxyl groups excluding tert-OH is 1. The van der Waals surface area contributed by atoms with E-state index in [0.29, 0.717) is 24.9 Å². The molecule has 0 aromatic carbocycles. The molecule has 5 unspecified atom stereocenters. The fourth-order valence-corrected chi connectivity index (χ4v) is 3.63. The average Bonchev–Trinajstić information content (AvgIpc) is 2.99. The highest BCUT2D eigenvalue weighted by Gasteiger charge is 2.42. The molecule has 0 radical (unpaired) electrons. The summed E-state index contributed by atoms with van der Waals surface area (Å²) in [6.07, 6.45) is 6.44. The summed E-state index contributed by atoms with van der Waals surface area (Å²) in [6, 6.07) is 0. The quantitative estimate of drug-likeness (QED) is 0.739. The van der Waals surface area contributed by atoms with Crippen LogP contribution in [0.5, 0.6) is 0 Å². The maximum atomic E-state index is 12.6. The van der Waals surface area contributed by atoms with Crippen LogP contribution in [0.2, 0.25) is 0 Å². The zero-order valence-electron chi connectivity index (χ0n) is 10.8. The minimum absolute atomic E-state index is 0.00918. The smallest absolute Gasteiger partial charge is 0.226 e. The van der Waals surface area contributed by atoms with E-state index in [9.17, 15) is 9.90 Å². The third kappa shape index (κ3) is 2.08. The highest BCUT2D eigenvalue weighted by molar-refractivity contribution is 5.80. The number of morpholine rings is 1. The molecule has 1 heterocycles. The van der Waals surface area contributed by atoms with Gasteiger partial charge in [0, 0.05) is 19.0 Å². The van der Waals surface area contributed by atoms with Gasteiger partial charge >= 0.3 is 0 Å². The summed E-state index contributed by atoms with van der Waals surface area (Å²) in [5.41, 5.74) is 0. The van der Waals surface area contributed by atoms with Crippen LogP contribution in [0.15, 0.2) is 12.2 Å². The Kier molecular flexibility index (Phi) is 3.16. The first-order valence-corrected chi connectivity index (χ1v) is 6.90. The Hall–Kier alpha value is -0.870. The van der Waals surface area contributed by atoms with E-state index in [2.05, 4.69) is 12.2 Å². The van der Waals surface area contributed by atoms with Crippen LogP contribution in [0, 0.1) is 17.8 Å². The number of rotatable bonds is 2. The first kappa shape index (κ1) is 12.2. The standard InChI is InChI=1S/C14H21NO3/c1-9-6-15(7-12(8-16)18-9)14(17)13-5-10-2-3-11(13)4-10/h2-3,9-13,16H,4-8H2,1H3. The summed E-state index contributed by atoms with van der Waals surface area (Å²) in [5, 5.41) is 9.20. The summed E-state index contributed by atoms with van der Waals surface area (Å²) in [7, 11) is 0. The van der Waals surface area contributed by atoms with Gasteiger partial charge in [-0.05, 0) is 31.6 Å². The maximum Gasteiger partial charge on any atom is 0.226 e. The Balaban J connectivity index is 1.67. The minimum atomic E-state index is -0.216. The number of fused-ring (bicyclic) bond motifs is 2. The van der Waals surface area contributed by atoms with Gasteiger partial charge in [0.2, 0.25) is 5.91 Å². The highest BCUT2D eigenvalue weighted by Crippen LogP contribution is 2.44. The second kappa shape index (κ2) is 4.67. The van der Waals surface area contributed by atoms with Crippen LogP contribution in [0.3, 0.4) is 0 Å². The molecular formula is C14H21NO3. The van der Waals surface area contributed by atoms with Crippen LogP contribution in [0.4, 0.5) is 0 Å². The van der Waals surface area contributed by atoms with E-state index < -0.39 is 0 Å². The summed E-state index contributed by atoms with van der Waals surface area (Å²) in [5.74, 6) is 1.51. The minimum Gasteiger partial charge on any atom is -0.394 e. The lowest BCUT2D eigenvalue weighted by atomic mass is 9.92. The second-order valence-electron chi connectivity index (χ2n) is 5.88. The summed E-state index contributed by atoms with van der Waals surface area (Å²) in [4.78, 5) is 14.4. The van der Waals surface area contributed by atoms with Crippen LogP contribution >= 0.6 is 0 Å². The van der Waals surface area contributed by atoms with Crippen molar-refractivity contribution in [2.24, 2.45) is 17.8 Å². The molecule has 1 saturated carbocycles. The molecule has 1 saturated heterocycles. The monoisotopic (exact) mass is 251 g/mol. The molecule has 2 fully saturated rings.